The first-order chi connectivity index (χ1) is 17.8. The maximum atomic E-state index is 12.9. The highest BCUT2D eigenvalue weighted by Crippen LogP contribution is 2.17. The number of carbonyl (C=O) groups is 4. The third kappa shape index (κ3) is 6.73. The van der Waals surface area contributed by atoms with Crippen LogP contribution in [0.3, 0.4) is 0 Å². The summed E-state index contributed by atoms with van der Waals surface area (Å²) in [5.74, 6) is -1.81. The molecule has 3 heterocycles. The Balaban J connectivity index is 1.66. The number of aromatic nitrogens is 5. The molecule has 0 bridgehead atoms. The standard InChI is InChI=1S/C22H26BrN11O4/c1-11(23)19(35)30-17-10-33(3)18(28-17)22(38)29-16-8-14(34(4)31-16)21(37)27-12-7-13(32(2)9-12)20(36)26-6-5-15(24)25/h7-10H,1,5-6H2,2-4H3,(H3,24,25)(H,26,36)(H,27,37)(H,30,35)(H,29,31,38). The zero-order valence-corrected chi connectivity index (χ0v) is 22.3. The van der Waals surface area contributed by atoms with E-state index in [1.54, 1.807) is 24.9 Å². The van der Waals surface area contributed by atoms with Gasteiger partial charge in [-0.15, -0.1) is 0 Å². The zero-order valence-electron chi connectivity index (χ0n) is 20.8. The summed E-state index contributed by atoms with van der Waals surface area (Å²) in [4.78, 5) is 53.8. The third-order valence-electron chi connectivity index (χ3n) is 5.10. The van der Waals surface area contributed by atoms with Crippen LogP contribution in [0.1, 0.15) is 38.0 Å². The molecule has 0 unspecified atom stereocenters. The molecule has 0 radical (unpaired) electrons. The molecule has 0 aliphatic rings. The highest BCUT2D eigenvalue weighted by molar-refractivity contribution is 9.12. The molecule has 15 nitrogen and oxygen atoms in total. The van der Waals surface area contributed by atoms with E-state index in [9.17, 15) is 19.2 Å². The number of nitrogens with one attached hydrogen (secondary N) is 5. The van der Waals surface area contributed by atoms with Gasteiger partial charge >= 0.3 is 0 Å². The van der Waals surface area contributed by atoms with Gasteiger partial charge in [-0.2, -0.15) is 5.10 Å². The van der Waals surface area contributed by atoms with Gasteiger partial charge in [0.1, 0.15) is 11.4 Å². The summed E-state index contributed by atoms with van der Waals surface area (Å²) >= 11 is 2.97. The monoisotopic (exact) mass is 587 g/mol. The van der Waals surface area contributed by atoms with Gasteiger partial charge in [0.15, 0.2) is 11.6 Å². The van der Waals surface area contributed by atoms with Gasteiger partial charge in [0, 0.05) is 52.6 Å². The molecule has 0 saturated carbocycles. The van der Waals surface area contributed by atoms with E-state index in [0.717, 1.165) is 0 Å². The number of anilines is 3. The fraction of sp³-hybridized carbons (Fsp3) is 0.227. The molecule has 16 heteroatoms. The van der Waals surface area contributed by atoms with Gasteiger partial charge < -0.3 is 36.1 Å². The second kappa shape index (κ2) is 11.5. The average molecular weight is 588 g/mol. The van der Waals surface area contributed by atoms with Crippen molar-refractivity contribution >= 4 is 62.7 Å². The maximum absolute atomic E-state index is 12.9. The lowest BCUT2D eigenvalue weighted by Crippen LogP contribution is -2.28. The van der Waals surface area contributed by atoms with E-state index in [-0.39, 0.29) is 52.3 Å². The molecular formula is C22H26BrN11O4. The van der Waals surface area contributed by atoms with Gasteiger partial charge in [-0.3, -0.25) is 29.3 Å². The Kier molecular flexibility index (Phi) is 8.46. The number of amides is 4. The lowest BCUT2D eigenvalue weighted by molar-refractivity contribution is -0.112. The number of hydrogen-bond acceptors (Lipinski definition) is 7. The first-order valence-electron chi connectivity index (χ1n) is 11.0. The molecular weight excluding hydrogens is 562 g/mol. The van der Waals surface area contributed by atoms with Crippen LogP contribution in [0.5, 0.6) is 0 Å². The van der Waals surface area contributed by atoms with E-state index in [1.807, 2.05) is 0 Å². The Labute approximate surface area is 225 Å². The molecule has 0 atom stereocenters. The first kappa shape index (κ1) is 27.9. The fourth-order valence-corrected chi connectivity index (χ4v) is 3.39. The van der Waals surface area contributed by atoms with Crippen LogP contribution in [0.15, 0.2) is 35.6 Å². The van der Waals surface area contributed by atoms with Crippen molar-refractivity contribution in [2.45, 2.75) is 6.42 Å². The van der Waals surface area contributed by atoms with Crippen molar-refractivity contribution in [3.8, 4) is 0 Å². The fourth-order valence-electron chi connectivity index (χ4n) is 3.29. The predicted octanol–water partition coefficient (Wildman–Crippen LogP) is 0.900. The largest absolute Gasteiger partial charge is 0.388 e. The van der Waals surface area contributed by atoms with Crippen molar-refractivity contribution in [3.63, 3.8) is 0 Å². The lowest BCUT2D eigenvalue weighted by Gasteiger charge is -2.04. The Morgan fingerprint density at radius 2 is 1.68 bits per heavy atom. The smallest absolute Gasteiger partial charge is 0.292 e. The number of amidine groups is 1. The summed E-state index contributed by atoms with van der Waals surface area (Å²) in [6.07, 6.45) is 3.25. The van der Waals surface area contributed by atoms with Gasteiger partial charge in [0.05, 0.1) is 16.0 Å². The summed E-state index contributed by atoms with van der Waals surface area (Å²) in [6.45, 7) is 3.68. The molecule has 3 rings (SSSR count). The normalized spacial score (nSPS) is 10.5. The van der Waals surface area contributed by atoms with Crippen LogP contribution in [0, 0.1) is 5.41 Å². The van der Waals surface area contributed by atoms with E-state index < -0.39 is 17.7 Å². The van der Waals surface area contributed by atoms with E-state index >= 15 is 0 Å². The minimum Gasteiger partial charge on any atom is -0.388 e. The maximum Gasteiger partial charge on any atom is 0.292 e. The summed E-state index contributed by atoms with van der Waals surface area (Å²) in [6, 6.07) is 2.88. The number of imidazole rings is 1. The number of aryl methyl sites for hydroxylation is 3. The number of hydrogen-bond donors (Lipinski definition) is 6. The minimum absolute atomic E-state index is 0.00414. The van der Waals surface area contributed by atoms with Gasteiger partial charge in [-0.1, -0.05) is 6.58 Å². The van der Waals surface area contributed by atoms with Crippen LogP contribution >= 0.6 is 15.9 Å². The van der Waals surface area contributed by atoms with Crippen LogP contribution in [0.25, 0.3) is 0 Å². The van der Waals surface area contributed by atoms with Crippen LogP contribution in [-0.2, 0) is 25.9 Å². The molecule has 0 spiro atoms. The van der Waals surface area contributed by atoms with Gasteiger partial charge in [-0.05, 0) is 22.0 Å². The Morgan fingerprint density at radius 1 is 0.974 bits per heavy atom. The first-order valence-corrected chi connectivity index (χ1v) is 11.8. The topological polar surface area (TPSA) is 207 Å². The van der Waals surface area contributed by atoms with Crippen molar-refractivity contribution in [1.82, 2.24) is 29.2 Å². The molecule has 7 N–H and O–H groups in total. The average Bonchev–Trinajstić information content (AvgIpc) is 3.49. The van der Waals surface area contributed by atoms with E-state index in [2.05, 4.69) is 53.9 Å². The second-order valence-electron chi connectivity index (χ2n) is 8.12. The number of carbonyl (C=O) groups excluding carboxylic acids is 4. The molecule has 3 aromatic rings. The summed E-state index contributed by atoms with van der Waals surface area (Å²) < 4.78 is 4.36. The van der Waals surface area contributed by atoms with Crippen molar-refractivity contribution in [2.75, 3.05) is 22.5 Å². The van der Waals surface area contributed by atoms with Crippen molar-refractivity contribution < 1.29 is 19.2 Å². The van der Waals surface area contributed by atoms with E-state index in [1.165, 1.54) is 34.6 Å². The Bertz CT molecular complexity index is 1450. The van der Waals surface area contributed by atoms with Gasteiger partial charge in [0.25, 0.3) is 23.6 Å². The molecule has 200 valence electrons. The van der Waals surface area contributed by atoms with Crippen molar-refractivity contribution in [1.29, 1.82) is 5.41 Å². The van der Waals surface area contributed by atoms with Crippen LogP contribution < -0.4 is 27.0 Å². The number of nitrogens with two attached hydrogens (primary N) is 1. The molecule has 38 heavy (non-hydrogen) atoms. The van der Waals surface area contributed by atoms with Crippen molar-refractivity contribution in [2.24, 2.45) is 26.9 Å². The highest BCUT2D eigenvalue weighted by Gasteiger charge is 2.20. The molecule has 4 amide bonds. The predicted molar refractivity (Wildman–Crippen MR) is 143 cm³/mol. The van der Waals surface area contributed by atoms with E-state index in [0.29, 0.717) is 11.4 Å². The van der Waals surface area contributed by atoms with Gasteiger partial charge in [0.2, 0.25) is 5.82 Å². The summed E-state index contributed by atoms with van der Waals surface area (Å²) in [5.41, 5.74) is 6.10. The number of nitrogens with zero attached hydrogens (tertiary/aromatic N) is 5. The molecule has 0 aliphatic carbocycles. The van der Waals surface area contributed by atoms with Crippen LogP contribution in [-0.4, -0.2) is 59.9 Å². The second-order valence-corrected chi connectivity index (χ2v) is 9.08. The molecule has 0 saturated heterocycles. The molecule has 3 aromatic heterocycles. The number of halogens is 1. The lowest BCUT2D eigenvalue weighted by atomic mass is 10.3. The number of rotatable bonds is 10. The Hall–Kier alpha value is -4.73. The molecule has 0 fully saturated rings. The highest BCUT2D eigenvalue weighted by atomic mass is 79.9. The summed E-state index contributed by atoms with van der Waals surface area (Å²) in [5, 5.41) is 21.8. The van der Waals surface area contributed by atoms with Gasteiger partial charge in [-0.25, -0.2) is 4.98 Å². The summed E-state index contributed by atoms with van der Waals surface area (Å²) in [7, 11) is 4.76. The van der Waals surface area contributed by atoms with Crippen molar-refractivity contribution in [3.05, 3.63) is 52.8 Å². The van der Waals surface area contributed by atoms with Crippen LogP contribution in [0.4, 0.5) is 17.3 Å². The molecule has 0 aromatic carbocycles. The Morgan fingerprint density at radius 3 is 2.34 bits per heavy atom. The van der Waals surface area contributed by atoms with Crippen LogP contribution in [0.2, 0.25) is 0 Å². The SMILES string of the molecule is C=C(Br)C(=O)Nc1cn(C)c(C(=O)Nc2cc(C(=O)Nc3cc(C(=O)NCCC(=N)N)n(C)c3)n(C)n2)n1. The quantitative estimate of drug-likeness (QED) is 0.114. The minimum atomic E-state index is -0.612. The molecule has 0 aliphatic heterocycles. The zero-order chi connectivity index (χ0) is 28.1. The third-order valence-corrected chi connectivity index (χ3v) is 5.46. The van der Waals surface area contributed by atoms with E-state index in [4.69, 9.17) is 11.1 Å².